The van der Waals surface area contributed by atoms with Crippen molar-refractivity contribution in [3.05, 3.63) is 11.8 Å². The van der Waals surface area contributed by atoms with Gasteiger partial charge in [0.1, 0.15) is 5.82 Å². The van der Waals surface area contributed by atoms with Gasteiger partial charge in [-0.3, -0.25) is 9.48 Å². The van der Waals surface area contributed by atoms with Crippen molar-refractivity contribution in [3.8, 4) is 0 Å². The van der Waals surface area contributed by atoms with E-state index in [0.717, 1.165) is 24.4 Å². The van der Waals surface area contributed by atoms with Crippen LogP contribution in [0.15, 0.2) is 6.07 Å². The molecule has 0 fully saturated rings. The van der Waals surface area contributed by atoms with Crippen molar-refractivity contribution in [1.29, 1.82) is 0 Å². The van der Waals surface area contributed by atoms with Crippen molar-refractivity contribution >= 4 is 11.7 Å². The molecule has 1 aromatic heterocycles. The fourth-order valence-electron chi connectivity index (χ4n) is 1.52. The van der Waals surface area contributed by atoms with Gasteiger partial charge in [-0.25, -0.2) is 0 Å². The van der Waals surface area contributed by atoms with Crippen molar-refractivity contribution in [3.63, 3.8) is 0 Å². The number of amides is 1. The van der Waals surface area contributed by atoms with Gasteiger partial charge in [0.05, 0.1) is 5.69 Å². The van der Waals surface area contributed by atoms with Crippen LogP contribution < -0.4 is 11.1 Å². The van der Waals surface area contributed by atoms with Gasteiger partial charge < -0.3 is 11.1 Å². The predicted octanol–water partition coefficient (Wildman–Crippen LogP) is 1.18. The smallest absolute Gasteiger partial charge is 0.225 e. The number of anilines is 1. The third-order valence-corrected chi connectivity index (χ3v) is 2.33. The molecule has 16 heavy (non-hydrogen) atoms. The summed E-state index contributed by atoms with van der Waals surface area (Å²) in [4.78, 5) is 11.6. The SMILES string of the molecule is Cc1cc(NC(=O)CCCC(C)N)n(C)n1. The molecule has 0 aliphatic heterocycles. The van der Waals surface area contributed by atoms with E-state index in [-0.39, 0.29) is 11.9 Å². The van der Waals surface area contributed by atoms with Gasteiger partial charge in [-0.15, -0.1) is 0 Å². The van der Waals surface area contributed by atoms with Crippen molar-refractivity contribution in [1.82, 2.24) is 9.78 Å². The molecule has 3 N–H and O–H groups in total. The van der Waals surface area contributed by atoms with Crippen molar-refractivity contribution < 1.29 is 4.79 Å². The van der Waals surface area contributed by atoms with Gasteiger partial charge in [-0.1, -0.05) is 0 Å². The molecule has 0 aliphatic rings. The first-order valence-corrected chi connectivity index (χ1v) is 5.55. The average Bonchev–Trinajstić information content (AvgIpc) is 2.44. The van der Waals surface area contributed by atoms with Gasteiger partial charge >= 0.3 is 0 Å². The molecule has 0 aliphatic carbocycles. The summed E-state index contributed by atoms with van der Waals surface area (Å²) in [5.41, 5.74) is 6.51. The van der Waals surface area contributed by atoms with Crippen LogP contribution >= 0.6 is 0 Å². The zero-order valence-electron chi connectivity index (χ0n) is 10.2. The standard InChI is InChI=1S/C11H20N4O/c1-8(12)5-4-6-11(16)13-10-7-9(2)14-15(10)3/h7-8H,4-6,12H2,1-3H3,(H,13,16). The molecule has 1 unspecified atom stereocenters. The number of hydrogen-bond acceptors (Lipinski definition) is 3. The maximum Gasteiger partial charge on any atom is 0.225 e. The Hall–Kier alpha value is -1.36. The maximum atomic E-state index is 11.6. The Bertz CT molecular complexity index is 357. The third kappa shape index (κ3) is 4.02. The number of nitrogens with one attached hydrogen (secondary N) is 1. The first-order chi connectivity index (χ1) is 7.49. The lowest BCUT2D eigenvalue weighted by Gasteiger charge is -2.06. The van der Waals surface area contributed by atoms with Gasteiger partial charge in [-0.05, 0) is 26.7 Å². The van der Waals surface area contributed by atoms with Crippen LogP contribution in [-0.4, -0.2) is 21.7 Å². The fraction of sp³-hybridized carbons (Fsp3) is 0.636. The molecular formula is C11H20N4O. The number of carbonyl (C=O) groups is 1. The molecule has 5 heteroatoms. The second-order valence-electron chi connectivity index (χ2n) is 4.21. The Balaban J connectivity index is 2.37. The van der Waals surface area contributed by atoms with Crippen LogP contribution in [0.2, 0.25) is 0 Å². The van der Waals surface area contributed by atoms with Crippen LogP contribution in [0.25, 0.3) is 0 Å². The van der Waals surface area contributed by atoms with E-state index in [2.05, 4.69) is 10.4 Å². The van der Waals surface area contributed by atoms with Gasteiger partial charge in [0, 0.05) is 25.6 Å². The number of aryl methyl sites for hydroxylation is 2. The Morgan fingerprint density at radius 2 is 2.38 bits per heavy atom. The van der Waals surface area contributed by atoms with E-state index < -0.39 is 0 Å². The van der Waals surface area contributed by atoms with Gasteiger partial charge in [-0.2, -0.15) is 5.10 Å². The Morgan fingerprint density at radius 1 is 1.69 bits per heavy atom. The van der Waals surface area contributed by atoms with Crippen LogP contribution in [-0.2, 0) is 11.8 Å². The zero-order valence-corrected chi connectivity index (χ0v) is 10.2. The quantitative estimate of drug-likeness (QED) is 0.789. The molecule has 1 heterocycles. The Morgan fingerprint density at radius 3 is 2.88 bits per heavy atom. The van der Waals surface area contributed by atoms with Crippen molar-refractivity contribution in [2.45, 2.75) is 39.2 Å². The average molecular weight is 224 g/mol. The minimum atomic E-state index is 0.0173. The van der Waals surface area contributed by atoms with E-state index in [1.165, 1.54) is 0 Å². The zero-order chi connectivity index (χ0) is 12.1. The first kappa shape index (κ1) is 12.7. The molecule has 90 valence electrons. The minimum Gasteiger partial charge on any atom is -0.328 e. The Kier molecular flexibility index (Phi) is 4.49. The monoisotopic (exact) mass is 224 g/mol. The molecule has 0 spiro atoms. The molecular weight excluding hydrogens is 204 g/mol. The highest BCUT2D eigenvalue weighted by molar-refractivity contribution is 5.89. The summed E-state index contributed by atoms with van der Waals surface area (Å²) in [7, 11) is 1.81. The highest BCUT2D eigenvalue weighted by Crippen LogP contribution is 2.09. The predicted molar refractivity (Wildman–Crippen MR) is 64.1 cm³/mol. The largest absolute Gasteiger partial charge is 0.328 e. The topological polar surface area (TPSA) is 72.9 Å². The molecule has 1 atom stereocenters. The van der Waals surface area contributed by atoms with E-state index in [0.29, 0.717) is 6.42 Å². The van der Waals surface area contributed by atoms with Gasteiger partial charge in [0.2, 0.25) is 5.91 Å². The minimum absolute atomic E-state index is 0.0173. The van der Waals surface area contributed by atoms with E-state index in [1.807, 2.05) is 27.0 Å². The summed E-state index contributed by atoms with van der Waals surface area (Å²) in [5, 5.41) is 6.98. The fourth-order valence-corrected chi connectivity index (χ4v) is 1.52. The highest BCUT2D eigenvalue weighted by atomic mass is 16.1. The second kappa shape index (κ2) is 5.65. The number of nitrogens with two attached hydrogens (primary N) is 1. The van der Waals surface area contributed by atoms with Crippen molar-refractivity contribution in [2.75, 3.05) is 5.32 Å². The summed E-state index contributed by atoms with van der Waals surface area (Å²) in [6.45, 7) is 3.84. The van der Waals surface area contributed by atoms with Gasteiger partial charge in [0.25, 0.3) is 0 Å². The normalized spacial score (nSPS) is 12.5. The molecule has 1 rings (SSSR count). The molecule has 1 aromatic rings. The van der Waals surface area contributed by atoms with E-state index in [4.69, 9.17) is 5.73 Å². The van der Waals surface area contributed by atoms with Crippen LogP contribution in [0.4, 0.5) is 5.82 Å². The summed E-state index contributed by atoms with van der Waals surface area (Å²) >= 11 is 0. The van der Waals surface area contributed by atoms with E-state index in [9.17, 15) is 4.79 Å². The van der Waals surface area contributed by atoms with Crippen LogP contribution in [0.3, 0.4) is 0 Å². The maximum absolute atomic E-state index is 11.6. The molecule has 5 nitrogen and oxygen atoms in total. The second-order valence-corrected chi connectivity index (χ2v) is 4.21. The lowest BCUT2D eigenvalue weighted by Crippen LogP contribution is -2.17. The number of carbonyl (C=O) groups excluding carboxylic acids is 1. The number of rotatable bonds is 5. The first-order valence-electron chi connectivity index (χ1n) is 5.55. The van der Waals surface area contributed by atoms with E-state index in [1.54, 1.807) is 4.68 Å². The van der Waals surface area contributed by atoms with E-state index >= 15 is 0 Å². The molecule has 0 aromatic carbocycles. The molecule has 0 bridgehead atoms. The van der Waals surface area contributed by atoms with Crippen LogP contribution in [0.5, 0.6) is 0 Å². The summed E-state index contributed by atoms with van der Waals surface area (Å²) < 4.78 is 1.67. The molecule has 1 amide bonds. The lowest BCUT2D eigenvalue weighted by molar-refractivity contribution is -0.116. The lowest BCUT2D eigenvalue weighted by atomic mass is 10.1. The van der Waals surface area contributed by atoms with Crippen LogP contribution in [0, 0.1) is 6.92 Å². The van der Waals surface area contributed by atoms with Crippen LogP contribution in [0.1, 0.15) is 31.9 Å². The molecule has 0 radical (unpaired) electrons. The van der Waals surface area contributed by atoms with Gasteiger partial charge in [0.15, 0.2) is 0 Å². The molecule has 0 saturated carbocycles. The summed E-state index contributed by atoms with van der Waals surface area (Å²) in [6, 6.07) is 2.01. The molecule has 0 saturated heterocycles. The number of hydrogen-bond donors (Lipinski definition) is 2. The number of aromatic nitrogens is 2. The van der Waals surface area contributed by atoms with Crippen molar-refractivity contribution in [2.24, 2.45) is 12.8 Å². The Labute approximate surface area is 96.0 Å². The summed E-state index contributed by atoms with van der Waals surface area (Å²) in [6.07, 6.45) is 2.20. The summed E-state index contributed by atoms with van der Waals surface area (Å²) in [5.74, 6) is 0.756. The third-order valence-electron chi connectivity index (χ3n) is 2.33. The highest BCUT2D eigenvalue weighted by Gasteiger charge is 2.07. The number of nitrogens with zero attached hydrogens (tertiary/aromatic N) is 2.